The largest absolute Gasteiger partial charge is 0.338 e. The number of hydrogen-bond acceptors (Lipinski definition) is 3. The van der Waals surface area contributed by atoms with Crippen molar-refractivity contribution in [1.82, 2.24) is 24.5 Å². The number of benzene rings is 2. The normalized spacial score (nSPS) is 11.2. The monoisotopic (exact) mass is 425 g/mol. The number of aromatic nitrogens is 4. The Morgan fingerprint density at radius 3 is 2.28 bits per heavy atom. The van der Waals surface area contributed by atoms with E-state index in [4.69, 9.17) is 5.10 Å². The molecule has 0 saturated carbocycles. The van der Waals surface area contributed by atoms with Crippen LogP contribution in [0.5, 0.6) is 0 Å². The quantitative estimate of drug-likeness (QED) is 0.426. The molecule has 4 aromatic rings. The zero-order valence-corrected chi connectivity index (χ0v) is 18.9. The number of amides is 1. The fourth-order valence-electron chi connectivity index (χ4n) is 3.72. The van der Waals surface area contributed by atoms with Gasteiger partial charge >= 0.3 is 0 Å². The minimum Gasteiger partial charge on any atom is -0.338 e. The Labute approximate surface area is 188 Å². The Morgan fingerprint density at radius 1 is 1.00 bits per heavy atom. The third kappa shape index (κ3) is 4.39. The van der Waals surface area contributed by atoms with E-state index in [0.29, 0.717) is 6.54 Å². The Bertz CT molecular complexity index is 1250. The van der Waals surface area contributed by atoms with Crippen LogP contribution in [-0.4, -0.2) is 37.4 Å². The van der Waals surface area contributed by atoms with Gasteiger partial charge in [0.15, 0.2) is 0 Å². The molecule has 0 atom stereocenters. The van der Waals surface area contributed by atoms with Crippen molar-refractivity contribution in [1.29, 1.82) is 0 Å². The molecule has 0 saturated heterocycles. The van der Waals surface area contributed by atoms with Gasteiger partial charge in [-0.15, -0.1) is 0 Å². The maximum atomic E-state index is 12.9. The molecule has 2 heterocycles. The van der Waals surface area contributed by atoms with E-state index < -0.39 is 0 Å². The smallest absolute Gasteiger partial charge is 0.246 e. The summed E-state index contributed by atoms with van der Waals surface area (Å²) < 4.78 is 3.70. The van der Waals surface area contributed by atoms with E-state index in [1.165, 1.54) is 0 Å². The molecule has 0 spiro atoms. The molecule has 0 aliphatic rings. The standard InChI is InChI=1S/C26H27N5O/c1-19-24(20(2)30(4)27-19)15-16-25(32)29(3)17-22-18-31(23-13-9-6-10-14-23)28-26(22)21-11-7-5-8-12-21/h5-16,18H,17H2,1-4H3/b16-15+. The Morgan fingerprint density at radius 2 is 1.66 bits per heavy atom. The summed E-state index contributed by atoms with van der Waals surface area (Å²) in [6.07, 6.45) is 5.46. The minimum atomic E-state index is -0.0703. The molecule has 6 nitrogen and oxygen atoms in total. The van der Waals surface area contributed by atoms with Gasteiger partial charge in [0.1, 0.15) is 0 Å². The van der Waals surface area contributed by atoms with Crippen molar-refractivity contribution in [3.8, 4) is 16.9 Å². The van der Waals surface area contributed by atoms with E-state index in [1.54, 1.807) is 11.0 Å². The number of likely N-dealkylation sites (N-methyl/N-ethyl adjacent to an activating group) is 1. The van der Waals surface area contributed by atoms with Crippen molar-refractivity contribution < 1.29 is 4.79 Å². The summed E-state index contributed by atoms with van der Waals surface area (Å²) in [5.74, 6) is -0.0703. The van der Waals surface area contributed by atoms with E-state index in [-0.39, 0.29) is 5.91 Å². The van der Waals surface area contributed by atoms with Crippen LogP contribution in [0.25, 0.3) is 23.0 Å². The first kappa shape index (κ1) is 21.3. The fourth-order valence-corrected chi connectivity index (χ4v) is 3.72. The molecule has 32 heavy (non-hydrogen) atoms. The summed E-state index contributed by atoms with van der Waals surface area (Å²) in [4.78, 5) is 14.6. The molecule has 6 heteroatoms. The van der Waals surface area contributed by atoms with E-state index >= 15 is 0 Å². The van der Waals surface area contributed by atoms with Crippen LogP contribution in [0, 0.1) is 13.8 Å². The summed E-state index contributed by atoms with van der Waals surface area (Å²) in [5.41, 5.74) is 6.78. The maximum absolute atomic E-state index is 12.9. The molecule has 4 rings (SSSR count). The molecule has 0 fully saturated rings. The van der Waals surface area contributed by atoms with E-state index in [1.807, 2.05) is 110 Å². The van der Waals surface area contributed by atoms with Gasteiger partial charge in [0.05, 0.1) is 17.1 Å². The highest BCUT2D eigenvalue weighted by atomic mass is 16.2. The van der Waals surface area contributed by atoms with Gasteiger partial charge in [-0.3, -0.25) is 9.48 Å². The first-order valence-corrected chi connectivity index (χ1v) is 10.6. The highest BCUT2D eigenvalue weighted by Gasteiger charge is 2.16. The third-order valence-corrected chi connectivity index (χ3v) is 5.60. The van der Waals surface area contributed by atoms with Gasteiger partial charge in [-0.05, 0) is 32.1 Å². The Hall–Kier alpha value is -3.93. The summed E-state index contributed by atoms with van der Waals surface area (Å²) in [6.45, 7) is 4.40. The highest BCUT2D eigenvalue weighted by molar-refractivity contribution is 5.92. The van der Waals surface area contributed by atoms with Crippen molar-refractivity contribution in [2.24, 2.45) is 7.05 Å². The van der Waals surface area contributed by atoms with E-state index in [0.717, 1.165) is 39.5 Å². The van der Waals surface area contributed by atoms with Gasteiger partial charge in [0, 0.05) is 55.3 Å². The number of hydrogen-bond donors (Lipinski definition) is 0. The van der Waals surface area contributed by atoms with Crippen molar-refractivity contribution in [2.75, 3.05) is 7.05 Å². The minimum absolute atomic E-state index is 0.0703. The van der Waals surface area contributed by atoms with Crippen molar-refractivity contribution >= 4 is 12.0 Å². The van der Waals surface area contributed by atoms with Gasteiger partial charge in [0.2, 0.25) is 5.91 Å². The zero-order chi connectivity index (χ0) is 22.7. The van der Waals surface area contributed by atoms with Crippen LogP contribution in [0.3, 0.4) is 0 Å². The molecule has 0 aliphatic carbocycles. The molecule has 0 bridgehead atoms. The van der Waals surface area contributed by atoms with Crippen molar-refractivity contribution in [3.05, 3.63) is 95.5 Å². The van der Waals surface area contributed by atoms with Crippen LogP contribution in [-0.2, 0) is 18.4 Å². The highest BCUT2D eigenvalue weighted by Crippen LogP contribution is 2.25. The zero-order valence-electron chi connectivity index (χ0n) is 18.9. The van der Waals surface area contributed by atoms with Crippen LogP contribution in [0.2, 0.25) is 0 Å². The van der Waals surface area contributed by atoms with E-state index in [9.17, 15) is 4.79 Å². The average molecular weight is 426 g/mol. The van der Waals surface area contributed by atoms with E-state index in [2.05, 4.69) is 5.10 Å². The SMILES string of the molecule is Cc1nn(C)c(C)c1/C=C/C(=O)N(C)Cc1cn(-c2ccccc2)nc1-c1ccccc1. The molecule has 162 valence electrons. The lowest BCUT2D eigenvalue weighted by atomic mass is 10.1. The number of aryl methyl sites for hydroxylation is 2. The van der Waals surface area contributed by atoms with Gasteiger partial charge in [-0.2, -0.15) is 10.2 Å². The van der Waals surface area contributed by atoms with Crippen molar-refractivity contribution in [3.63, 3.8) is 0 Å². The number of para-hydroxylation sites is 1. The molecule has 2 aromatic heterocycles. The first-order valence-electron chi connectivity index (χ1n) is 10.6. The number of carbonyl (C=O) groups excluding carboxylic acids is 1. The second kappa shape index (κ2) is 9.06. The molecular weight excluding hydrogens is 398 g/mol. The van der Waals surface area contributed by atoms with Crippen LogP contribution in [0.1, 0.15) is 22.5 Å². The second-order valence-corrected chi connectivity index (χ2v) is 7.88. The van der Waals surface area contributed by atoms with Gasteiger partial charge in [0.25, 0.3) is 0 Å². The fraction of sp³-hybridized carbons (Fsp3) is 0.192. The topological polar surface area (TPSA) is 56.0 Å². The van der Waals surface area contributed by atoms with Crippen LogP contribution < -0.4 is 0 Å². The summed E-state index contributed by atoms with van der Waals surface area (Å²) in [7, 11) is 3.72. The number of nitrogens with zero attached hydrogens (tertiary/aromatic N) is 5. The Kier molecular flexibility index (Phi) is 6.03. The van der Waals surface area contributed by atoms with Gasteiger partial charge in [-0.25, -0.2) is 4.68 Å². The van der Waals surface area contributed by atoms with Gasteiger partial charge < -0.3 is 4.90 Å². The second-order valence-electron chi connectivity index (χ2n) is 7.88. The number of rotatable bonds is 6. The van der Waals surface area contributed by atoms with Crippen LogP contribution in [0.4, 0.5) is 0 Å². The van der Waals surface area contributed by atoms with Gasteiger partial charge in [-0.1, -0.05) is 48.5 Å². The molecular formula is C26H27N5O. The lowest BCUT2D eigenvalue weighted by Crippen LogP contribution is -2.24. The molecule has 0 aliphatic heterocycles. The average Bonchev–Trinajstić information content (AvgIpc) is 3.33. The molecule has 0 N–H and O–H groups in total. The predicted molar refractivity (Wildman–Crippen MR) is 127 cm³/mol. The molecule has 2 aromatic carbocycles. The number of carbonyl (C=O) groups is 1. The lowest BCUT2D eigenvalue weighted by molar-refractivity contribution is -0.125. The van der Waals surface area contributed by atoms with Crippen LogP contribution >= 0.6 is 0 Å². The first-order chi connectivity index (χ1) is 15.4. The van der Waals surface area contributed by atoms with Crippen molar-refractivity contribution in [2.45, 2.75) is 20.4 Å². The Balaban J connectivity index is 1.60. The molecule has 0 radical (unpaired) electrons. The maximum Gasteiger partial charge on any atom is 0.246 e. The van der Waals surface area contributed by atoms with Crippen LogP contribution in [0.15, 0.2) is 72.9 Å². The third-order valence-electron chi connectivity index (χ3n) is 5.60. The molecule has 1 amide bonds. The summed E-state index contributed by atoms with van der Waals surface area (Å²) in [5, 5.41) is 9.24. The molecule has 0 unspecified atom stereocenters. The summed E-state index contributed by atoms with van der Waals surface area (Å²) in [6, 6.07) is 20.0. The lowest BCUT2D eigenvalue weighted by Gasteiger charge is -2.15. The summed E-state index contributed by atoms with van der Waals surface area (Å²) >= 11 is 0. The predicted octanol–water partition coefficient (Wildman–Crippen LogP) is 4.56.